The van der Waals surface area contributed by atoms with Gasteiger partial charge in [0.1, 0.15) is 5.75 Å². The number of carbonyl (C=O) groups is 3. The molecule has 1 aliphatic rings. The topological polar surface area (TPSA) is 98.7 Å². The zero-order valence-electron chi connectivity index (χ0n) is 17.3. The van der Waals surface area contributed by atoms with Gasteiger partial charge in [0, 0.05) is 24.6 Å². The minimum absolute atomic E-state index is 0.0259. The highest BCUT2D eigenvalue weighted by Gasteiger charge is 2.27. The van der Waals surface area contributed by atoms with Gasteiger partial charge >= 0.3 is 0 Å². The molecule has 1 aliphatic heterocycles. The Morgan fingerprint density at radius 1 is 1.03 bits per heavy atom. The van der Waals surface area contributed by atoms with Crippen LogP contribution in [0.3, 0.4) is 0 Å². The van der Waals surface area contributed by atoms with Crippen molar-refractivity contribution in [1.29, 1.82) is 0 Å². The minimum atomic E-state index is -0.275. The lowest BCUT2D eigenvalue weighted by atomic mass is 9.95. The Balaban J connectivity index is 1.45. The van der Waals surface area contributed by atoms with Crippen molar-refractivity contribution in [3.63, 3.8) is 0 Å². The molecule has 30 heavy (non-hydrogen) atoms. The molecule has 2 aromatic rings. The van der Waals surface area contributed by atoms with Gasteiger partial charge in [-0.15, -0.1) is 0 Å². The summed E-state index contributed by atoms with van der Waals surface area (Å²) in [5.41, 5.74) is 3.05. The maximum atomic E-state index is 12.4. The molecule has 0 bridgehead atoms. The molecule has 3 rings (SSSR count). The lowest BCUT2D eigenvalue weighted by molar-refractivity contribution is -0.133. The number of anilines is 1. The lowest BCUT2D eigenvalue weighted by Crippen LogP contribution is -2.45. The van der Waals surface area contributed by atoms with Crippen molar-refractivity contribution in [2.45, 2.75) is 26.7 Å². The van der Waals surface area contributed by atoms with E-state index in [1.807, 2.05) is 26.0 Å². The lowest BCUT2D eigenvalue weighted by Gasteiger charge is -2.31. The Kier molecular flexibility index (Phi) is 6.72. The Labute approximate surface area is 176 Å². The van der Waals surface area contributed by atoms with Gasteiger partial charge in [-0.1, -0.05) is 18.2 Å². The van der Waals surface area contributed by atoms with E-state index in [2.05, 4.69) is 10.6 Å². The number of hydrogen-bond acceptors (Lipinski definition) is 4. The fourth-order valence-corrected chi connectivity index (χ4v) is 3.46. The summed E-state index contributed by atoms with van der Waals surface area (Å²) in [5.74, 6) is -0.793. The van der Waals surface area contributed by atoms with Gasteiger partial charge in [0.15, 0.2) is 0 Å². The van der Waals surface area contributed by atoms with E-state index in [4.69, 9.17) is 0 Å². The second kappa shape index (κ2) is 9.43. The molecule has 158 valence electrons. The maximum absolute atomic E-state index is 12.4. The number of hydrogen-bond donors (Lipinski definition) is 3. The normalized spacial score (nSPS) is 14.3. The molecule has 7 heteroatoms. The van der Waals surface area contributed by atoms with Crippen molar-refractivity contribution in [3.8, 4) is 5.75 Å². The van der Waals surface area contributed by atoms with E-state index in [0.717, 1.165) is 11.1 Å². The van der Waals surface area contributed by atoms with Crippen molar-refractivity contribution in [3.05, 3.63) is 59.2 Å². The number of amides is 3. The Bertz CT molecular complexity index is 949. The first kappa shape index (κ1) is 21.4. The Morgan fingerprint density at radius 3 is 2.40 bits per heavy atom. The van der Waals surface area contributed by atoms with Crippen LogP contribution >= 0.6 is 0 Å². The number of nitrogens with one attached hydrogen (secondary N) is 2. The van der Waals surface area contributed by atoms with Crippen molar-refractivity contribution in [2.75, 3.05) is 25.0 Å². The van der Waals surface area contributed by atoms with Gasteiger partial charge in [-0.3, -0.25) is 14.4 Å². The van der Waals surface area contributed by atoms with E-state index < -0.39 is 0 Å². The number of likely N-dealkylation sites (tertiary alicyclic amines) is 1. The van der Waals surface area contributed by atoms with E-state index in [0.29, 0.717) is 37.2 Å². The number of para-hydroxylation sites is 2. The molecule has 1 fully saturated rings. The molecular weight excluding hydrogens is 382 g/mol. The number of nitrogens with zero attached hydrogens (tertiary/aromatic N) is 1. The molecular formula is C23H27N3O4. The van der Waals surface area contributed by atoms with Crippen LogP contribution in [0.4, 0.5) is 5.69 Å². The Hall–Kier alpha value is -3.35. The molecule has 0 saturated carbocycles. The summed E-state index contributed by atoms with van der Waals surface area (Å²) in [7, 11) is 0. The van der Waals surface area contributed by atoms with Gasteiger partial charge in [-0.05, 0) is 62.1 Å². The van der Waals surface area contributed by atoms with Crippen molar-refractivity contribution >= 4 is 23.4 Å². The van der Waals surface area contributed by atoms with Crippen LogP contribution in [-0.4, -0.2) is 47.4 Å². The number of carbonyl (C=O) groups excluding carboxylic acids is 3. The number of phenolic OH excluding ortho intramolecular Hbond substituents is 1. The molecule has 3 N–H and O–H groups in total. The monoisotopic (exact) mass is 409 g/mol. The molecule has 0 atom stereocenters. The third kappa shape index (κ3) is 5.17. The predicted molar refractivity (Wildman–Crippen MR) is 114 cm³/mol. The van der Waals surface area contributed by atoms with E-state index in [1.165, 1.54) is 6.07 Å². The number of aromatic hydroxyl groups is 1. The molecule has 0 radical (unpaired) electrons. The number of phenols is 1. The smallest absolute Gasteiger partial charge is 0.251 e. The van der Waals surface area contributed by atoms with Gasteiger partial charge < -0.3 is 20.6 Å². The van der Waals surface area contributed by atoms with Crippen LogP contribution in [0.25, 0.3) is 0 Å². The first-order valence-electron chi connectivity index (χ1n) is 10.1. The van der Waals surface area contributed by atoms with Gasteiger partial charge in [0.2, 0.25) is 11.8 Å². The van der Waals surface area contributed by atoms with Crippen LogP contribution in [0.5, 0.6) is 5.75 Å². The highest BCUT2D eigenvalue weighted by molar-refractivity contribution is 5.97. The van der Waals surface area contributed by atoms with E-state index >= 15 is 0 Å². The Morgan fingerprint density at radius 2 is 1.73 bits per heavy atom. The van der Waals surface area contributed by atoms with Gasteiger partial charge in [0.05, 0.1) is 12.2 Å². The number of rotatable bonds is 5. The van der Waals surface area contributed by atoms with Gasteiger partial charge in [-0.25, -0.2) is 0 Å². The SMILES string of the molecule is Cc1ccc(C(=O)NCC(=O)N2CCC(C(=O)Nc3ccccc3O)CC2)cc1C. The molecule has 0 aromatic heterocycles. The maximum Gasteiger partial charge on any atom is 0.251 e. The molecule has 7 nitrogen and oxygen atoms in total. The summed E-state index contributed by atoms with van der Waals surface area (Å²) in [6, 6.07) is 12.0. The third-order valence-corrected chi connectivity index (χ3v) is 5.55. The van der Waals surface area contributed by atoms with Crippen LogP contribution in [0.1, 0.15) is 34.3 Å². The second-order valence-corrected chi connectivity index (χ2v) is 7.64. The van der Waals surface area contributed by atoms with E-state index in [1.54, 1.807) is 29.2 Å². The van der Waals surface area contributed by atoms with Gasteiger partial charge in [-0.2, -0.15) is 0 Å². The average molecular weight is 409 g/mol. The highest BCUT2D eigenvalue weighted by atomic mass is 16.3. The summed E-state index contributed by atoms with van der Waals surface area (Å²) in [4.78, 5) is 38.8. The highest BCUT2D eigenvalue weighted by Crippen LogP contribution is 2.24. The molecule has 2 aromatic carbocycles. The van der Waals surface area contributed by atoms with E-state index in [9.17, 15) is 19.5 Å². The fraction of sp³-hybridized carbons (Fsp3) is 0.348. The standard InChI is InChI=1S/C23H27N3O4/c1-15-7-8-18(13-16(15)2)22(29)24-14-21(28)26-11-9-17(10-12-26)23(30)25-19-5-3-4-6-20(19)27/h3-8,13,17,27H,9-12,14H2,1-2H3,(H,24,29)(H,25,30). The molecule has 1 saturated heterocycles. The van der Waals surface area contributed by atoms with Crippen molar-refractivity contribution in [1.82, 2.24) is 10.2 Å². The van der Waals surface area contributed by atoms with Crippen LogP contribution in [0.15, 0.2) is 42.5 Å². The van der Waals surface area contributed by atoms with Crippen LogP contribution in [0.2, 0.25) is 0 Å². The summed E-state index contributed by atoms with van der Waals surface area (Å²) >= 11 is 0. The van der Waals surface area contributed by atoms with Crippen LogP contribution < -0.4 is 10.6 Å². The molecule has 0 aliphatic carbocycles. The molecule has 1 heterocycles. The van der Waals surface area contributed by atoms with Crippen LogP contribution in [0, 0.1) is 19.8 Å². The minimum Gasteiger partial charge on any atom is -0.506 e. The summed E-state index contributed by atoms with van der Waals surface area (Å²) in [6.45, 7) is 4.76. The van der Waals surface area contributed by atoms with Crippen LogP contribution in [-0.2, 0) is 9.59 Å². The largest absolute Gasteiger partial charge is 0.506 e. The zero-order chi connectivity index (χ0) is 21.7. The summed E-state index contributed by atoms with van der Waals surface area (Å²) < 4.78 is 0. The summed E-state index contributed by atoms with van der Waals surface area (Å²) in [6.07, 6.45) is 1.08. The number of piperidine rings is 1. The van der Waals surface area contributed by atoms with Crippen molar-refractivity contribution in [2.24, 2.45) is 5.92 Å². The fourth-order valence-electron chi connectivity index (χ4n) is 3.46. The second-order valence-electron chi connectivity index (χ2n) is 7.64. The number of benzene rings is 2. The summed E-state index contributed by atoms with van der Waals surface area (Å²) in [5, 5.41) is 15.2. The van der Waals surface area contributed by atoms with E-state index in [-0.39, 0.29) is 35.9 Å². The first-order chi connectivity index (χ1) is 14.3. The quantitative estimate of drug-likeness (QED) is 0.661. The predicted octanol–water partition coefficient (Wildman–Crippen LogP) is 2.62. The van der Waals surface area contributed by atoms with Gasteiger partial charge in [0.25, 0.3) is 5.91 Å². The number of aryl methyl sites for hydroxylation is 2. The first-order valence-corrected chi connectivity index (χ1v) is 10.1. The average Bonchev–Trinajstić information content (AvgIpc) is 2.75. The zero-order valence-corrected chi connectivity index (χ0v) is 17.3. The molecule has 0 unspecified atom stereocenters. The van der Waals surface area contributed by atoms with Crippen molar-refractivity contribution < 1.29 is 19.5 Å². The molecule has 3 amide bonds. The third-order valence-electron chi connectivity index (χ3n) is 5.55. The molecule has 0 spiro atoms.